The summed E-state index contributed by atoms with van der Waals surface area (Å²) < 4.78 is 13.5. The van der Waals surface area contributed by atoms with E-state index in [1.54, 1.807) is 36.4 Å². The lowest BCUT2D eigenvalue weighted by atomic mass is 10.2. The Hall–Kier alpha value is -1.66. The summed E-state index contributed by atoms with van der Waals surface area (Å²) in [6.07, 6.45) is 0.713. The molecule has 0 spiro atoms. The molecular weight excluding hydrogens is 267 g/mol. The van der Waals surface area contributed by atoms with Crippen LogP contribution in [0.1, 0.15) is 30.6 Å². The molecule has 0 aliphatic rings. The van der Waals surface area contributed by atoms with E-state index in [9.17, 15) is 9.36 Å². The van der Waals surface area contributed by atoms with Crippen molar-refractivity contribution in [1.82, 2.24) is 0 Å². The maximum Gasteiger partial charge on any atom is 0.225 e. The molecule has 0 bridgehead atoms. The molecule has 2 aromatic rings. The van der Waals surface area contributed by atoms with Crippen LogP contribution in [0.15, 0.2) is 60.7 Å². The van der Waals surface area contributed by atoms with Crippen molar-refractivity contribution in [2.24, 2.45) is 0 Å². The van der Waals surface area contributed by atoms with Crippen molar-refractivity contribution in [2.75, 3.05) is 0 Å². The van der Waals surface area contributed by atoms with E-state index in [4.69, 9.17) is 0 Å². The van der Waals surface area contributed by atoms with Crippen LogP contribution in [0.25, 0.3) is 0 Å². The molecule has 104 valence electrons. The third-order valence-electron chi connectivity index (χ3n) is 3.67. The molecule has 0 aromatic heterocycles. The highest BCUT2D eigenvalue weighted by Crippen LogP contribution is 2.53. The molecule has 0 saturated heterocycles. The number of benzene rings is 2. The van der Waals surface area contributed by atoms with E-state index in [0.717, 1.165) is 0 Å². The molecule has 2 rings (SSSR count). The highest BCUT2D eigenvalue weighted by Gasteiger charge is 2.38. The van der Waals surface area contributed by atoms with Gasteiger partial charge in [0.05, 0.1) is 0 Å². The largest absolute Gasteiger partial charge is 0.310 e. The van der Waals surface area contributed by atoms with Gasteiger partial charge >= 0.3 is 0 Å². The van der Waals surface area contributed by atoms with Crippen LogP contribution in [-0.2, 0) is 4.57 Å². The van der Waals surface area contributed by atoms with Gasteiger partial charge in [-0.3, -0.25) is 4.79 Å². The lowest BCUT2D eigenvalue weighted by Crippen LogP contribution is -2.21. The molecule has 0 N–H and O–H groups in total. The van der Waals surface area contributed by atoms with Crippen molar-refractivity contribution in [2.45, 2.75) is 25.9 Å². The molecule has 0 radical (unpaired) electrons. The lowest BCUT2D eigenvalue weighted by molar-refractivity contribution is 0.107. The van der Waals surface area contributed by atoms with Gasteiger partial charge in [0.15, 0.2) is 7.14 Å². The standard InChI is InChI=1S/C17H19O2P/c1-3-14(2)20(19,16-12-8-5-9-13-16)17(18)15-10-6-4-7-11-15/h4-14H,3H2,1-2H3. The second kappa shape index (κ2) is 6.19. The zero-order chi connectivity index (χ0) is 14.6. The lowest BCUT2D eigenvalue weighted by Gasteiger charge is -2.23. The van der Waals surface area contributed by atoms with Crippen molar-refractivity contribution in [3.63, 3.8) is 0 Å². The number of rotatable bonds is 5. The van der Waals surface area contributed by atoms with Crippen LogP contribution in [0.4, 0.5) is 0 Å². The van der Waals surface area contributed by atoms with E-state index < -0.39 is 7.14 Å². The third-order valence-corrected chi connectivity index (χ3v) is 7.21. The van der Waals surface area contributed by atoms with E-state index >= 15 is 0 Å². The fraction of sp³-hybridized carbons (Fsp3) is 0.235. The molecule has 2 nitrogen and oxygen atoms in total. The molecule has 2 unspecified atom stereocenters. The predicted octanol–water partition coefficient (Wildman–Crippen LogP) is 4.31. The monoisotopic (exact) mass is 286 g/mol. The van der Waals surface area contributed by atoms with Gasteiger partial charge in [-0.1, -0.05) is 74.5 Å². The summed E-state index contributed by atoms with van der Waals surface area (Å²) >= 11 is 0. The quantitative estimate of drug-likeness (QED) is 0.767. The summed E-state index contributed by atoms with van der Waals surface area (Å²) in [5.74, 6) is 0. The average Bonchev–Trinajstić information content (AvgIpc) is 2.54. The summed E-state index contributed by atoms with van der Waals surface area (Å²) in [6.45, 7) is 3.87. The minimum Gasteiger partial charge on any atom is -0.310 e. The van der Waals surface area contributed by atoms with Gasteiger partial charge in [-0.2, -0.15) is 0 Å². The van der Waals surface area contributed by atoms with Gasteiger partial charge in [0.2, 0.25) is 5.52 Å². The van der Waals surface area contributed by atoms with Gasteiger partial charge < -0.3 is 4.57 Å². The second-order valence-corrected chi connectivity index (χ2v) is 8.04. The van der Waals surface area contributed by atoms with Crippen molar-refractivity contribution in [1.29, 1.82) is 0 Å². The van der Waals surface area contributed by atoms with E-state index in [1.165, 1.54) is 0 Å². The summed E-state index contributed by atoms with van der Waals surface area (Å²) in [7, 11) is -3.11. The van der Waals surface area contributed by atoms with E-state index in [-0.39, 0.29) is 11.2 Å². The van der Waals surface area contributed by atoms with Crippen LogP contribution >= 0.6 is 7.14 Å². The molecule has 0 saturated carbocycles. The third kappa shape index (κ3) is 2.62. The average molecular weight is 286 g/mol. The minimum atomic E-state index is -3.11. The first kappa shape index (κ1) is 14.7. The second-order valence-electron chi connectivity index (χ2n) is 4.92. The van der Waals surface area contributed by atoms with Gasteiger partial charge in [-0.25, -0.2) is 0 Å². The van der Waals surface area contributed by atoms with Crippen LogP contribution < -0.4 is 5.30 Å². The fourth-order valence-corrected chi connectivity index (χ4v) is 5.06. The van der Waals surface area contributed by atoms with Crippen LogP contribution in [0, 0.1) is 0 Å². The molecule has 0 aliphatic heterocycles. The first-order valence-corrected chi connectivity index (χ1v) is 8.63. The Kier molecular flexibility index (Phi) is 4.57. The number of carbonyl (C=O) groups is 1. The molecule has 3 heteroatoms. The van der Waals surface area contributed by atoms with Crippen LogP contribution in [-0.4, -0.2) is 11.2 Å². The van der Waals surface area contributed by atoms with Crippen LogP contribution in [0.2, 0.25) is 0 Å². The Morgan fingerprint density at radius 3 is 2.00 bits per heavy atom. The van der Waals surface area contributed by atoms with Gasteiger partial charge in [-0.05, 0) is 6.42 Å². The van der Waals surface area contributed by atoms with Crippen molar-refractivity contribution in [3.05, 3.63) is 66.2 Å². The number of carbonyl (C=O) groups excluding carboxylic acids is 1. The van der Waals surface area contributed by atoms with E-state index in [1.807, 2.05) is 38.1 Å². The molecule has 2 aromatic carbocycles. The SMILES string of the molecule is CCC(C)P(=O)(C(=O)c1ccccc1)c1ccccc1. The van der Waals surface area contributed by atoms with Crippen molar-refractivity contribution >= 4 is 18.0 Å². The molecular formula is C17H19O2P. The maximum atomic E-state index is 13.5. The summed E-state index contributed by atoms with van der Waals surface area (Å²) in [6, 6.07) is 18.1. The Bertz CT molecular complexity index is 620. The molecule has 0 amide bonds. The molecule has 0 heterocycles. The van der Waals surface area contributed by atoms with Crippen molar-refractivity contribution < 1.29 is 9.36 Å². The highest BCUT2D eigenvalue weighted by atomic mass is 31.2. The maximum absolute atomic E-state index is 13.5. The van der Waals surface area contributed by atoms with E-state index in [0.29, 0.717) is 17.3 Å². The first-order valence-electron chi connectivity index (χ1n) is 6.86. The Morgan fingerprint density at radius 1 is 1.00 bits per heavy atom. The normalized spacial score (nSPS) is 15.3. The zero-order valence-corrected chi connectivity index (χ0v) is 12.7. The van der Waals surface area contributed by atoms with Gasteiger partial charge in [0.25, 0.3) is 0 Å². The molecule has 20 heavy (non-hydrogen) atoms. The van der Waals surface area contributed by atoms with Crippen LogP contribution in [0.5, 0.6) is 0 Å². The van der Waals surface area contributed by atoms with Crippen molar-refractivity contribution in [3.8, 4) is 0 Å². The van der Waals surface area contributed by atoms with Gasteiger partial charge in [0, 0.05) is 16.5 Å². The van der Waals surface area contributed by atoms with Gasteiger partial charge in [0.1, 0.15) is 0 Å². The molecule has 0 fully saturated rings. The summed E-state index contributed by atoms with van der Waals surface area (Å²) in [4.78, 5) is 12.8. The summed E-state index contributed by atoms with van der Waals surface area (Å²) in [5, 5.41) is 0.656. The first-order chi connectivity index (χ1) is 9.60. The fourth-order valence-electron chi connectivity index (χ4n) is 2.25. The van der Waals surface area contributed by atoms with Crippen LogP contribution in [0.3, 0.4) is 0 Å². The molecule has 0 aliphatic carbocycles. The zero-order valence-electron chi connectivity index (χ0n) is 11.8. The minimum absolute atomic E-state index is 0.155. The topological polar surface area (TPSA) is 34.1 Å². The Balaban J connectivity index is 2.54. The summed E-state index contributed by atoms with van der Waals surface area (Å²) in [5.41, 5.74) is 0.135. The predicted molar refractivity (Wildman–Crippen MR) is 84.2 cm³/mol. The Morgan fingerprint density at radius 2 is 1.50 bits per heavy atom. The highest BCUT2D eigenvalue weighted by molar-refractivity contribution is 7.88. The smallest absolute Gasteiger partial charge is 0.225 e. The Labute approximate surface area is 120 Å². The van der Waals surface area contributed by atoms with Gasteiger partial charge in [-0.15, -0.1) is 0 Å². The number of hydrogen-bond donors (Lipinski definition) is 0. The number of hydrogen-bond acceptors (Lipinski definition) is 2. The van der Waals surface area contributed by atoms with E-state index in [2.05, 4.69) is 0 Å². The molecule has 2 atom stereocenters.